The SMILES string of the molecule is O=C(NO)C1CCCCC1S(=O)(=O)CCc1ccccc1. The quantitative estimate of drug-likeness (QED) is 0.640. The van der Waals surface area contributed by atoms with Crippen LogP contribution < -0.4 is 5.48 Å². The summed E-state index contributed by atoms with van der Waals surface area (Å²) in [5.41, 5.74) is 2.58. The Morgan fingerprint density at radius 3 is 2.52 bits per heavy atom. The van der Waals surface area contributed by atoms with E-state index in [1.165, 1.54) is 0 Å². The third-order valence-corrected chi connectivity index (χ3v) is 6.39. The number of hydrogen-bond acceptors (Lipinski definition) is 4. The molecule has 5 nitrogen and oxygen atoms in total. The lowest BCUT2D eigenvalue weighted by Crippen LogP contribution is -2.43. The molecule has 0 aliphatic heterocycles. The number of benzene rings is 1. The predicted molar refractivity (Wildman–Crippen MR) is 79.6 cm³/mol. The van der Waals surface area contributed by atoms with Gasteiger partial charge in [0.05, 0.1) is 16.9 Å². The van der Waals surface area contributed by atoms with Gasteiger partial charge in [0.25, 0.3) is 0 Å². The third kappa shape index (κ3) is 4.04. The van der Waals surface area contributed by atoms with E-state index in [9.17, 15) is 13.2 Å². The van der Waals surface area contributed by atoms with Crippen LogP contribution in [0.25, 0.3) is 0 Å². The van der Waals surface area contributed by atoms with Crippen molar-refractivity contribution in [1.82, 2.24) is 5.48 Å². The number of carbonyl (C=O) groups is 1. The summed E-state index contributed by atoms with van der Waals surface area (Å²) >= 11 is 0. The van der Waals surface area contributed by atoms with Crippen LogP contribution in [-0.2, 0) is 21.1 Å². The Morgan fingerprint density at radius 1 is 1.19 bits per heavy atom. The van der Waals surface area contributed by atoms with Crippen molar-refractivity contribution in [1.29, 1.82) is 0 Å². The molecule has 0 spiro atoms. The summed E-state index contributed by atoms with van der Waals surface area (Å²) in [6, 6.07) is 9.44. The number of hydrogen-bond donors (Lipinski definition) is 2. The first-order chi connectivity index (χ1) is 10.0. The number of aryl methyl sites for hydroxylation is 1. The number of carbonyl (C=O) groups excluding carboxylic acids is 1. The van der Waals surface area contributed by atoms with Crippen LogP contribution in [-0.4, -0.2) is 30.5 Å². The fourth-order valence-electron chi connectivity index (χ4n) is 2.97. The molecule has 1 aromatic carbocycles. The lowest BCUT2D eigenvalue weighted by Gasteiger charge is -2.29. The summed E-state index contributed by atoms with van der Waals surface area (Å²) in [4.78, 5) is 11.7. The average Bonchev–Trinajstić information content (AvgIpc) is 2.53. The molecule has 0 radical (unpaired) electrons. The van der Waals surface area contributed by atoms with Crippen LogP contribution in [0.2, 0.25) is 0 Å². The second-order valence-corrected chi connectivity index (χ2v) is 7.85. The van der Waals surface area contributed by atoms with Gasteiger partial charge in [0.1, 0.15) is 0 Å². The molecule has 0 bridgehead atoms. The Bertz CT molecular complexity index is 571. The molecule has 2 unspecified atom stereocenters. The second-order valence-electron chi connectivity index (χ2n) is 5.51. The molecule has 1 aromatic rings. The fraction of sp³-hybridized carbons (Fsp3) is 0.533. The zero-order valence-electron chi connectivity index (χ0n) is 11.9. The van der Waals surface area contributed by atoms with Crippen molar-refractivity contribution in [2.24, 2.45) is 5.92 Å². The molecule has 0 saturated heterocycles. The summed E-state index contributed by atoms with van der Waals surface area (Å²) in [5.74, 6) is -1.18. The standard InChI is InChI=1S/C15H21NO4S/c17-15(16-18)13-8-4-5-9-14(13)21(19,20)11-10-12-6-2-1-3-7-12/h1-3,6-7,13-14,18H,4-5,8-11H2,(H,16,17). The highest BCUT2D eigenvalue weighted by atomic mass is 32.2. The predicted octanol–water partition coefficient (Wildman–Crippen LogP) is 1.71. The Labute approximate surface area is 125 Å². The number of rotatable bonds is 5. The highest BCUT2D eigenvalue weighted by Crippen LogP contribution is 2.30. The topological polar surface area (TPSA) is 83.5 Å². The maximum Gasteiger partial charge on any atom is 0.247 e. The second kappa shape index (κ2) is 7.04. The van der Waals surface area contributed by atoms with E-state index in [1.54, 1.807) is 5.48 Å². The highest BCUT2D eigenvalue weighted by Gasteiger charge is 2.39. The molecule has 21 heavy (non-hydrogen) atoms. The molecular weight excluding hydrogens is 290 g/mol. The molecule has 2 N–H and O–H groups in total. The summed E-state index contributed by atoms with van der Waals surface area (Å²) in [7, 11) is -3.36. The molecule has 2 atom stereocenters. The van der Waals surface area contributed by atoms with Gasteiger partial charge in [-0.3, -0.25) is 10.0 Å². The van der Waals surface area contributed by atoms with Crippen molar-refractivity contribution in [3.63, 3.8) is 0 Å². The van der Waals surface area contributed by atoms with Gasteiger partial charge in [0.2, 0.25) is 5.91 Å². The summed E-state index contributed by atoms with van der Waals surface area (Å²) in [6.45, 7) is 0. The summed E-state index contributed by atoms with van der Waals surface area (Å²) in [5, 5.41) is 8.11. The smallest absolute Gasteiger partial charge is 0.247 e. The van der Waals surface area contributed by atoms with Gasteiger partial charge in [0, 0.05) is 0 Å². The fourth-order valence-corrected chi connectivity index (χ4v) is 5.07. The van der Waals surface area contributed by atoms with Crippen LogP contribution >= 0.6 is 0 Å². The van der Waals surface area contributed by atoms with E-state index in [2.05, 4.69) is 0 Å². The summed E-state index contributed by atoms with van der Waals surface area (Å²) < 4.78 is 25.1. The highest BCUT2D eigenvalue weighted by molar-refractivity contribution is 7.92. The molecule has 1 aliphatic carbocycles. The molecule has 6 heteroatoms. The van der Waals surface area contributed by atoms with Crippen LogP contribution in [0, 0.1) is 5.92 Å². The van der Waals surface area contributed by atoms with Gasteiger partial charge >= 0.3 is 0 Å². The normalized spacial score (nSPS) is 22.7. The molecule has 1 aliphatic rings. The molecule has 2 rings (SSSR count). The van der Waals surface area contributed by atoms with E-state index < -0.39 is 26.9 Å². The van der Waals surface area contributed by atoms with E-state index in [1.807, 2.05) is 30.3 Å². The Morgan fingerprint density at radius 2 is 1.86 bits per heavy atom. The zero-order valence-corrected chi connectivity index (χ0v) is 12.7. The number of amides is 1. The van der Waals surface area contributed by atoms with Crippen molar-refractivity contribution in [2.75, 3.05) is 5.75 Å². The average molecular weight is 311 g/mol. The first-order valence-electron chi connectivity index (χ1n) is 7.24. The van der Waals surface area contributed by atoms with Crippen molar-refractivity contribution < 1.29 is 18.4 Å². The Kier molecular flexibility index (Phi) is 5.36. The van der Waals surface area contributed by atoms with E-state index in [4.69, 9.17) is 5.21 Å². The minimum absolute atomic E-state index is 0.0386. The van der Waals surface area contributed by atoms with E-state index in [0.717, 1.165) is 18.4 Å². The molecule has 0 aromatic heterocycles. The Hall–Kier alpha value is -1.40. The van der Waals surface area contributed by atoms with Gasteiger partial charge in [-0.15, -0.1) is 0 Å². The van der Waals surface area contributed by atoms with Gasteiger partial charge in [-0.2, -0.15) is 0 Å². The molecule has 1 saturated carbocycles. The maximum absolute atomic E-state index is 12.5. The van der Waals surface area contributed by atoms with Gasteiger partial charge in [0.15, 0.2) is 9.84 Å². The van der Waals surface area contributed by atoms with Crippen molar-refractivity contribution in [3.8, 4) is 0 Å². The lowest BCUT2D eigenvalue weighted by atomic mass is 9.88. The minimum Gasteiger partial charge on any atom is -0.289 e. The third-order valence-electron chi connectivity index (χ3n) is 4.13. The van der Waals surface area contributed by atoms with Crippen LogP contribution in [0.5, 0.6) is 0 Å². The van der Waals surface area contributed by atoms with Gasteiger partial charge < -0.3 is 0 Å². The van der Waals surface area contributed by atoms with E-state index >= 15 is 0 Å². The Balaban J connectivity index is 2.07. The van der Waals surface area contributed by atoms with Crippen molar-refractivity contribution in [2.45, 2.75) is 37.4 Å². The van der Waals surface area contributed by atoms with Crippen LogP contribution in [0.4, 0.5) is 0 Å². The first-order valence-corrected chi connectivity index (χ1v) is 8.95. The molecule has 0 heterocycles. The van der Waals surface area contributed by atoms with Crippen molar-refractivity contribution in [3.05, 3.63) is 35.9 Å². The lowest BCUT2D eigenvalue weighted by molar-refractivity contribution is -0.134. The van der Waals surface area contributed by atoms with Gasteiger partial charge in [-0.25, -0.2) is 13.9 Å². The summed E-state index contributed by atoms with van der Waals surface area (Å²) in [6.07, 6.45) is 3.09. The monoisotopic (exact) mass is 311 g/mol. The van der Waals surface area contributed by atoms with E-state index in [-0.39, 0.29) is 5.75 Å². The molecule has 1 amide bonds. The van der Waals surface area contributed by atoms with Gasteiger partial charge in [-0.1, -0.05) is 43.2 Å². The first kappa shape index (κ1) is 16.0. The van der Waals surface area contributed by atoms with Crippen LogP contribution in [0.3, 0.4) is 0 Å². The molecule has 1 fully saturated rings. The number of hydroxylamine groups is 1. The van der Waals surface area contributed by atoms with E-state index in [0.29, 0.717) is 19.3 Å². The van der Waals surface area contributed by atoms with Crippen LogP contribution in [0.15, 0.2) is 30.3 Å². The number of nitrogens with one attached hydrogen (secondary N) is 1. The largest absolute Gasteiger partial charge is 0.289 e. The van der Waals surface area contributed by atoms with Gasteiger partial charge in [-0.05, 0) is 24.8 Å². The zero-order chi connectivity index (χ0) is 15.3. The minimum atomic E-state index is -3.36. The maximum atomic E-state index is 12.5. The molecule has 116 valence electrons. The van der Waals surface area contributed by atoms with Crippen molar-refractivity contribution >= 4 is 15.7 Å². The molecular formula is C15H21NO4S. The van der Waals surface area contributed by atoms with Crippen LogP contribution in [0.1, 0.15) is 31.2 Å². The number of sulfone groups is 1.